The number of nitrogens with zero attached hydrogens (tertiary/aromatic N) is 1. The molecule has 0 radical (unpaired) electrons. The highest BCUT2D eigenvalue weighted by atomic mass is 19.1. The predicted octanol–water partition coefficient (Wildman–Crippen LogP) is 5.21. The van der Waals surface area contributed by atoms with Crippen molar-refractivity contribution in [1.82, 2.24) is 5.32 Å². The van der Waals surface area contributed by atoms with Crippen LogP contribution in [0.1, 0.15) is 56.9 Å². The van der Waals surface area contributed by atoms with Crippen molar-refractivity contribution >= 4 is 11.6 Å². The van der Waals surface area contributed by atoms with Crippen molar-refractivity contribution < 1.29 is 13.9 Å². The fourth-order valence-electron chi connectivity index (χ4n) is 4.58. The zero-order valence-electron chi connectivity index (χ0n) is 17.5. The predicted molar refractivity (Wildman–Crippen MR) is 117 cm³/mol. The minimum absolute atomic E-state index is 0.0813. The Labute approximate surface area is 178 Å². The number of anilines is 1. The second kappa shape index (κ2) is 9.96. The van der Waals surface area contributed by atoms with E-state index in [1.807, 2.05) is 18.2 Å². The van der Waals surface area contributed by atoms with Gasteiger partial charge in [-0.2, -0.15) is 0 Å². The van der Waals surface area contributed by atoms with Crippen molar-refractivity contribution in [3.8, 4) is 5.75 Å². The van der Waals surface area contributed by atoms with Gasteiger partial charge in [0, 0.05) is 18.7 Å². The van der Waals surface area contributed by atoms with E-state index in [0.717, 1.165) is 24.1 Å². The molecule has 0 bridgehead atoms. The Hall–Kier alpha value is -2.56. The minimum Gasteiger partial charge on any atom is -0.489 e. The van der Waals surface area contributed by atoms with E-state index in [0.29, 0.717) is 25.3 Å². The highest BCUT2D eigenvalue weighted by Crippen LogP contribution is 2.36. The number of carbonyl (C=O) groups excluding carboxylic acids is 1. The SMILES string of the molecule is O=C(C[C@H]1COc2cc(F)ccc2N1Cc1ccccc1)NC1CCCCCCC1. The maximum absolute atomic E-state index is 13.7. The van der Waals surface area contributed by atoms with E-state index in [1.54, 1.807) is 6.07 Å². The molecule has 4 rings (SSSR count). The zero-order chi connectivity index (χ0) is 20.8. The lowest BCUT2D eigenvalue weighted by Crippen LogP contribution is -2.47. The van der Waals surface area contributed by atoms with Crippen LogP contribution < -0.4 is 15.0 Å². The largest absolute Gasteiger partial charge is 0.489 e. The summed E-state index contributed by atoms with van der Waals surface area (Å²) in [5.74, 6) is 0.314. The Kier molecular flexibility index (Phi) is 6.88. The molecule has 1 aliphatic carbocycles. The molecule has 0 spiro atoms. The first kappa shape index (κ1) is 20.7. The van der Waals surface area contributed by atoms with Crippen LogP contribution in [0.5, 0.6) is 5.75 Å². The van der Waals surface area contributed by atoms with Crippen LogP contribution in [0.3, 0.4) is 0 Å². The van der Waals surface area contributed by atoms with Crippen LogP contribution in [0.15, 0.2) is 48.5 Å². The van der Waals surface area contributed by atoms with E-state index in [9.17, 15) is 9.18 Å². The summed E-state index contributed by atoms with van der Waals surface area (Å²) in [6.45, 7) is 1.03. The first-order valence-corrected chi connectivity index (χ1v) is 11.2. The molecule has 160 valence electrons. The smallest absolute Gasteiger partial charge is 0.222 e. The maximum Gasteiger partial charge on any atom is 0.222 e. The molecule has 0 unspecified atom stereocenters. The highest BCUT2D eigenvalue weighted by molar-refractivity contribution is 5.78. The third kappa shape index (κ3) is 5.32. The molecule has 1 saturated carbocycles. The minimum atomic E-state index is -0.311. The third-order valence-electron chi connectivity index (χ3n) is 6.19. The quantitative estimate of drug-likeness (QED) is 0.735. The van der Waals surface area contributed by atoms with Gasteiger partial charge in [0.25, 0.3) is 0 Å². The van der Waals surface area contributed by atoms with Crippen LogP contribution >= 0.6 is 0 Å². The molecule has 0 aromatic heterocycles. The van der Waals surface area contributed by atoms with Crippen LogP contribution in [0.4, 0.5) is 10.1 Å². The second-order valence-corrected chi connectivity index (χ2v) is 8.50. The summed E-state index contributed by atoms with van der Waals surface area (Å²) >= 11 is 0. The molecular formula is C25H31FN2O2. The van der Waals surface area contributed by atoms with Crippen molar-refractivity contribution in [3.05, 3.63) is 59.9 Å². The lowest BCUT2D eigenvalue weighted by atomic mass is 9.96. The molecule has 30 heavy (non-hydrogen) atoms. The van der Waals surface area contributed by atoms with Gasteiger partial charge < -0.3 is 15.0 Å². The van der Waals surface area contributed by atoms with Gasteiger partial charge in [0.1, 0.15) is 18.2 Å². The number of halogens is 1. The Morgan fingerprint density at radius 3 is 2.53 bits per heavy atom. The summed E-state index contributed by atoms with van der Waals surface area (Å²) in [7, 11) is 0. The molecule has 1 fully saturated rings. The van der Waals surface area contributed by atoms with E-state index in [2.05, 4.69) is 22.3 Å². The van der Waals surface area contributed by atoms with E-state index < -0.39 is 0 Å². The number of carbonyl (C=O) groups is 1. The summed E-state index contributed by atoms with van der Waals surface area (Å²) < 4.78 is 19.6. The standard InChI is InChI=1S/C25H31FN2O2/c26-20-13-14-23-24(15-20)30-18-22(28(23)17-19-9-5-4-6-10-19)16-25(29)27-21-11-7-2-1-3-8-12-21/h4-6,9-10,13-15,21-22H,1-3,7-8,11-12,16-18H2,(H,27,29)/t22-/m0/s1. The maximum atomic E-state index is 13.7. The molecule has 1 aliphatic heterocycles. The van der Waals surface area contributed by atoms with Crippen molar-refractivity contribution in [2.45, 2.75) is 70.0 Å². The molecule has 5 heteroatoms. The van der Waals surface area contributed by atoms with Crippen LogP contribution in [0.2, 0.25) is 0 Å². The van der Waals surface area contributed by atoms with E-state index in [-0.39, 0.29) is 23.8 Å². The number of fused-ring (bicyclic) bond motifs is 1. The molecule has 2 aliphatic rings. The van der Waals surface area contributed by atoms with Crippen molar-refractivity contribution in [2.75, 3.05) is 11.5 Å². The van der Waals surface area contributed by atoms with Gasteiger partial charge in [-0.25, -0.2) is 4.39 Å². The average molecular weight is 411 g/mol. The van der Waals surface area contributed by atoms with Crippen LogP contribution in [0.25, 0.3) is 0 Å². The number of nitrogens with one attached hydrogen (secondary N) is 1. The molecule has 1 heterocycles. The van der Waals surface area contributed by atoms with E-state index >= 15 is 0 Å². The Morgan fingerprint density at radius 1 is 1.03 bits per heavy atom. The molecule has 1 N–H and O–H groups in total. The summed E-state index contributed by atoms with van der Waals surface area (Å²) in [4.78, 5) is 15.1. The van der Waals surface area contributed by atoms with Crippen LogP contribution in [-0.2, 0) is 11.3 Å². The van der Waals surface area contributed by atoms with Gasteiger partial charge in [-0.15, -0.1) is 0 Å². The van der Waals surface area contributed by atoms with Crippen LogP contribution in [-0.4, -0.2) is 24.6 Å². The average Bonchev–Trinajstić information content (AvgIpc) is 2.72. The van der Waals surface area contributed by atoms with Gasteiger partial charge in [0.15, 0.2) is 0 Å². The summed E-state index contributed by atoms with van der Waals surface area (Å²) in [6, 6.07) is 15.0. The van der Waals surface area contributed by atoms with Gasteiger partial charge >= 0.3 is 0 Å². The summed E-state index contributed by atoms with van der Waals surface area (Å²) in [5, 5.41) is 3.27. The van der Waals surface area contributed by atoms with Gasteiger partial charge in [-0.05, 0) is 30.5 Å². The Morgan fingerprint density at radius 2 is 1.77 bits per heavy atom. The Bertz CT molecular complexity index is 834. The van der Waals surface area contributed by atoms with Crippen molar-refractivity contribution in [1.29, 1.82) is 0 Å². The van der Waals surface area contributed by atoms with Crippen molar-refractivity contribution in [3.63, 3.8) is 0 Å². The molecule has 4 nitrogen and oxygen atoms in total. The third-order valence-corrected chi connectivity index (χ3v) is 6.19. The van der Waals surface area contributed by atoms with Gasteiger partial charge in [-0.1, -0.05) is 62.4 Å². The molecule has 1 amide bonds. The zero-order valence-corrected chi connectivity index (χ0v) is 17.5. The number of benzene rings is 2. The molecule has 2 aromatic rings. The van der Waals surface area contributed by atoms with Gasteiger partial charge in [0.05, 0.1) is 18.2 Å². The lowest BCUT2D eigenvalue weighted by Gasteiger charge is -2.38. The number of ether oxygens (including phenoxy) is 1. The normalized spacial score (nSPS) is 19.9. The molecule has 2 aromatic carbocycles. The topological polar surface area (TPSA) is 41.6 Å². The number of hydrogen-bond donors (Lipinski definition) is 1. The molecular weight excluding hydrogens is 379 g/mol. The number of rotatable bonds is 5. The van der Waals surface area contributed by atoms with E-state index in [1.165, 1.54) is 44.2 Å². The number of hydrogen-bond acceptors (Lipinski definition) is 3. The Balaban J connectivity index is 1.47. The molecule has 0 saturated heterocycles. The fraction of sp³-hybridized carbons (Fsp3) is 0.480. The monoisotopic (exact) mass is 410 g/mol. The fourth-order valence-corrected chi connectivity index (χ4v) is 4.58. The van der Waals surface area contributed by atoms with Crippen molar-refractivity contribution in [2.24, 2.45) is 0 Å². The molecule has 1 atom stereocenters. The number of amides is 1. The van der Waals surface area contributed by atoms with Gasteiger partial charge in [0.2, 0.25) is 5.91 Å². The second-order valence-electron chi connectivity index (χ2n) is 8.50. The lowest BCUT2D eigenvalue weighted by molar-refractivity contribution is -0.122. The summed E-state index contributed by atoms with van der Waals surface area (Å²) in [5.41, 5.74) is 2.00. The first-order chi connectivity index (χ1) is 14.7. The van der Waals surface area contributed by atoms with E-state index in [4.69, 9.17) is 4.74 Å². The van der Waals surface area contributed by atoms with Gasteiger partial charge in [-0.3, -0.25) is 4.79 Å². The first-order valence-electron chi connectivity index (χ1n) is 11.2. The highest BCUT2D eigenvalue weighted by Gasteiger charge is 2.30. The van der Waals surface area contributed by atoms with Crippen LogP contribution in [0, 0.1) is 5.82 Å². The summed E-state index contributed by atoms with van der Waals surface area (Å²) in [6.07, 6.45) is 8.75.